The van der Waals surface area contributed by atoms with Gasteiger partial charge in [-0.05, 0) is 31.2 Å². The van der Waals surface area contributed by atoms with Crippen LogP contribution in [0.1, 0.15) is 33.6 Å². The van der Waals surface area contributed by atoms with Crippen LogP contribution in [0, 0.1) is 11.8 Å². The highest BCUT2D eigenvalue weighted by atomic mass is 19.1. The van der Waals surface area contributed by atoms with E-state index in [0.29, 0.717) is 11.8 Å². The number of hydrogen-bond donors (Lipinski definition) is 0. The van der Waals surface area contributed by atoms with Crippen molar-refractivity contribution >= 4 is 0 Å². The highest BCUT2D eigenvalue weighted by Crippen LogP contribution is 2.28. The normalized spacial score (nSPS) is 32.8. The molecule has 0 N–H and O–H groups in total. The van der Waals surface area contributed by atoms with Gasteiger partial charge in [0, 0.05) is 6.54 Å². The van der Waals surface area contributed by atoms with Crippen LogP contribution in [0.5, 0.6) is 0 Å². The SMILES string of the molecule is CCN1CCC(C(C)C)CC1F. The molecular weight excluding hydrogens is 153 g/mol. The molecule has 0 aliphatic carbocycles. The standard InChI is InChI=1S/C10H20FN/c1-4-12-6-5-9(8(2)3)7-10(12)11/h8-10H,4-7H2,1-3H3. The maximum Gasteiger partial charge on any atom is 0.153 e. The van der Waals surface area contributed by atoms with E-state index in [2.05, 4.69) is 13.8 Å². The first-order valence-corrected chi connectivity index (χ1v) is 5.03. The van der Waals surface area contributed by atoms with Crippen LogP contribution in [-0.2, 0) is 0 Å². The lowest BCUT2D eigenvalue weighted by atomic mass is 9.86. The molecule has 0 spiro atoms. The number of rotatable bonds is 2. The van der Waals surface area contributed by atoms with Crippen LogP contribution in [0.15, 0.2) is 0 Å². The summed E-state index contributed by atoms with van der Waals surface area (Å²) >= 11 is 0. The molecule has 2 atom stereocenters. The molecule has 1 aliphatic rings. The highest BCUT2D eigenvalue weighted by Gasteiger charge is 2.28. The summed E-state index contributed by atoms with van der Waals surface area (Å²) in [5.41, 5.74) is 0. The van der Waals surface area contributed by atoms with Crippen molar-refractivity contribution in [2.24, 2.45) is 11.8 Å². The van der Waals surface area contributed by atoms with Crippen molar-refractivity contribution in [1.29, 1.82) is 0 Å². The first kappa shape index (κ1) is 9.97. The van der Waals surface area contributed by atoms with E-state index in [0.717, 1.165) is 19.5 Å². The smallest absolute Gasteiger partial charge is 0.153 e. The second-order valence-electron chi connectivity index (χ2n) is 4.09. The summed E-state index contributed by atoms with van der Waals surface area (Å²) in [6.45, 7) is 8.22. The zero-order chi connectivity index (χ0) is 9.14. The van der Waals surface area contributed by atoms with Gasteiger partial charge in [0.2, 0.25) is 0 Å². The van der Waals surface area contributed by atoms with E-state index < -0.39 is 6.30 Å². The number of nitrogens with zero attached hydrogens (tertiary/aromatic N) is 1. The molecule has 1 aliphatic heterocycles. The Morgan fingerprint density at radius 1 is 1.50 bits per heavy atom. The average Bonchev–Trinajstić information content (AvgIpc) is 2.04. The first-order chi connectivity index (χ1) is 5.65. The Balaban J connectivity index is 2.40. The van der Waals surface area contributed by atoms with E-state index in [1.54, 1.807) is 0 Å². The molecule has 72 valence electrons. The summed E-state index contributed by atoms with van der Waals surface area (Å²) in [7, 11) is 0. The van der Waals surface area contributed by atoms with Crippen LogP contribution < -0.4 is 0 Å². The number of piperidine rings is 1. The van der Waals surface area contributed by atoms with Crippen LogP contribution in [0.3, 0.4) is 0 Å². The predicted octanol–water partition coefficient (Wildman–Crippen LogP) is 2.67. The van der Waals surface area contributed by atoms with Gasteiger partial charge in [0.05, 0.1) is 0 Å². The minimum Gasteiger partial charge on any atom is -0.274 e. The molecule has 12 heavy (non-hydrogen) atoms. The summed E-state index contributed by atoms with van der Waals surface area (Å²) in [6.07, 6.45) is 1.23. The van der Waals surface area contributed by atoms with Crippen LogP contribution in [0.25, 0.3) is 0 Å². The Morgan fingerprint density at radius 3 is 2.58 bits per heavy atom. The lowest BCUT2D eigenvalue weighted by molar-refractivity contribution is 0.0144. The molecule has 2 unspecified atom stereocenters. The molecule has 2 heteroatoms. The topological polar surface area (TPSA) is 3.24 Å². The molecule has 1 heterocycles. The van der Waals surface area contributed by atoms with Crippen molar-refractivity contribution in [2.45, 2.75) is 39.9 Å². The molecule has 0 aromatic carbocycles. The second kappa shape index (κ2) is 4.22. The van der Waals surface area contributed by atoms with Gasteiger partial charge in [-0.2, -0.15) is 0 Å². The van der Waals surface area contributed by atoms with E-state index in [9.17, 15) is 4.39 Å². The Hall–Kier alpha value is -0.110. The van der Waals surface area contributed by atoms with E-state index in [1.807, 2.05) is 11.8 Å². The molecule has 0 radical (unpaired) electrons. The molecule has 1 fully saturated rings. The van der Waals surface area contributed by atoms with Gasteiger partial charge in [0.1, 0.15) is 0 Å². The summed E-state index contributed by atoms with van der Waals surface area (Å²) in [5, 5.41) is 0. The highest BCUT2D eigenvalue weighted by molar-refractivity contribution is 4.76. The molecule has 0 amide bonds. The monoisotopic (exact) mass is 173 g/mol. The van der Waals surface area contributed by atoms with Gasteiger partial charge >= 0.3 is 0 Å². The maximum atomic E-state index is 13.4. The van der Waals surface area contributed by atoms with Crippen LogP contribution in [0.2, 0.25) is 0 Å². The fraction of sp³-hybridized carbons (Fsp3) is 1.00. The summed E-state index contributed by atoms with van der Waals surface area (Å²) in [6, 6.07) is 0. The number of halogens is 1. The van der Waals surface area contributed by atoms with Crippen molar-refractivity contribution in [3.63, 3.8) is 0 Å². The van der Waals surface area contributed by atoms with E-state index in [4.69, 9.17) is 0 Å². The van der Waals surface area contributed by atoms with Crippen molar-refractivity contribution in [2.75, 3.05) is 13.1 Å². The zero-order valence-electron chi connectivity index (χ0n) is 8.39. The average molecular weight is 173 g/mol. The van der Waals surface area contributed by atoms with Gasteiger partial charge in [0.25, 0.3) is 0 Å². The van der Waals surface area contributed by atoms with Crippen LogP contribution >= 0.6 is 0 Å². The third-order valence-electron chi connectivity index (χ3n) is 3.03. The van der Waals surface area contributed by atoms with Crippen LogP contribution in [-0.4, -0.2) is 24.3 Å². The van der Waals surface area contributed by atoms with Crippen molar-refractivity contribution in [3.05, 3.63) is 0 Å². The van der Waals surface area contributed by atoms with Crippen molar-refractivity contribution in [3.8, 4) is 0 Å². The van der Waals surface area contributed by atoms with Gasteiger partial charge in [-0.3, -0.25) is 4.90 Å². The molecular formula is C10H20FN. The first-order valence-electron chi connectivity index (χ1n) is 5.03. The predicted molar refractivity (Wildman–Crippen MR) is 49.7 cm³/mol. The molecule has 0 bridgehead atoms. The van der Waals surface area contributed by atoms with Gasteiger partial charge in [-0.1, -0.05) is 20.8 Å². The fourth-order valence-electron chi connectivity index (χ4n) is 1.95. The second-order valence-corrected chi connectivity index (χ2v) is 4.09. The summed E-state index contributed by atoms with van der Waals surface area (Å²) < 4.78 is 13.4. The minimum atomic E-state index is -0.684. The molecule has 0 aromatic rings. The van der Waals surface area contributed by atoms with E-state index in [-0.39, 0.29) is 0 Å². The largest absolute Gasteiger partial charge is 0.274 e. The minimum absolute atomic E-state index is 0.600. The Labute approximate surface area is 74.9 Å². The quantitative estimate of drug-likeness (QED) is 0.580. The van der Waals surface area contributed by atoms with E-state index in [1.165, 1.54) is 6.42 Å². The Morgan fingerprint density at radius 2 is 2.17 bits per heavy atom. The molecule has 0 saturated carbocycles. The van der Waals surface area contributed by atoms with E-state index >= 15 is 0 Å². The Bertz CT molecular complexity index is 136. The van der Waals surface area contributed by atoms with Gasteiger partial charge < -0.3 is 0 Å². The number of likely N-dealkylation sites (tertiary alicyclic amines) is 1. The summed E-state index contributed by atoms with van der Waals surface area (Å²) in [5.74, 6) is 1.24. The lowest BCUT2D eigenvalue weighted by Gasteiger charge is -2.35. The fourth-order valence-corrected chi connectivity index (χ4v) is 1.95. The summed E-state index contributed by atoms with van der Waals surface area (Å²) in [4.78, 5) is 1.93. The van der Waals surface area contributed by atoms with Gasteiger partial charge in [0.15, 0.2) is 6.30 Å². The Kier molecular flexibility index (Phi) is 3.51. The molecule has 1 nitrogen and oxygen atoms in total. The zero-order valence-corrected chi connectivity index (χ0v) is 8.39. The third-order valence-corrected chi connectivity index (χ3v) is 3.03. The van der Waals surface area contributed by atoms with Crippen molar-refractivity contribution in [1.82, 2.24) is 4.90 Å². The lowest BCUT2D eigenvalue weighted by Crippen LogP contribution is -2.40. The van der Waals surface area contributed by atoms with Gasteiger partial charge in [-0.15, -0.1) is 0 Å². The number of alkyl halides is 1. The molecule has 1 saturated heterocycles. The number of hydrogen-bond acceptors (Lipinski definition) is 1. The molecule has 1 rings (SSSR count). The molecule has 0 aromatic heterocycles. The maximum absolute atomic E-state index is 13.4. The third kappa shape index (κ3) is 2.19. The van der Waals surface area contributed by atoms with Crippen LogP contribution in [0.4, 0.5) is 4.39 Å². The van der Waals surface area contributed by atoms with Crippen molar-refractivity contribution < 1.29 is 4.39 Å². The van der Waals surface area contributed by atoms with Gasteiger partial charge in [-0.25, -0.2) is 4.39 Å².